The van der Waals surface area contributed by atoms with E-state index in [2.05, 4.69) is 9.71 Å². The van der Waals surface area contributed by atoms with Crippen molar-refractivity contribution in [3.63, 3.8) is 0 Å². The molecule has 1 atom stereocenters. The van der Waals surface area contributed by atoms with Crippen molar-refractivity contribution < 1.29 is 8.42 Å². The van der Waals surface area contributed by atoms with E-state index < -0.39 is 10.0 Å². The van der Waals surface area contributed by atoms with Crippen LogP contribution in [0.15, 0.2) is 42.6 Å². The van der Waals surface area contributed by atoms with Crippen LogP contribution in [0.2, 0.25) is 0 Å². The van der Waals surface area contributed by atoms with Gasteiger partial charge < -0.3 is 5.73 Å². The van der Waals surface area contributed by atoms with Gasteiger partial charge in [0, 0.05) is 0 Å². The number of aromatic nitrogens is 1. The van der Waals surface area contributed by atoms with Crippen molar-refractivity contribution in [1.29, 1.82) is 0 Å². The predicted molar refractivity (Wildman–Crippen MR) is 85.7 cm³/mol. The lowest BCUT2D eigenvalue weighted by atomic mass is 10.0. The minimum Gasteiger partial charge on any atom is -0.397 e. The van der Waals surface area contributed by atoms with Crippen LogP contribution in [0.1, 0.15) is 24.0 Å². The Balaban J connectivity index is 2.10. The second kappa shape index (κ2) is 6.13. The maximum Gasteiger partial charge on any atom is 0.234 e. The number of pyridine rings is 1. The molecule has 0 saturated heterocycles. The highest BCUT2D eigenvalue weighted by atomic mass is 32.2. The zero-order chi connectivity index (χ0) is 15.5. The van der Waals surface area contributed by atoms with Gasteiger partial charge in [0.2, 0.25) is 10.0 Å². The molecule has 6 heteroatoms. The molecule has 0 aliphatic heterocycles. The first-order chi connectivity index (χ1) is 9.87. The highest BCUT2D eigenvalue weighted by Gasteiger charge is 2.17. The molecule has 1 aromatic heterocycles. The minimum absolute atomic E-state index is 0.00210. The summed E-state index contributed by atoms with van der Waals surface area (Å²) in [6.07, 6.45) is 1.45. The van der Waals surface area contributed by atoms with Gasteiger partial charge in [-0.05, 0) is 30.0 Å². The highest BCUT2D eigenvalue weighted by Crippen LogP contribution is 2.19. The zero-order valence-corrected chi connectivity index (χ0v) is 12.9. The first kappa shape index (κ1) is 15.3. The number of anilines is 2. The van der Waals surface area contributed by atoms with Crippen LogP contribution in [-0.2, 0) is 10.0 Å². The van der Waals surface area contributed by atoms with E-state index in [1.807, 2.05) is 37.3 Å². The Kier molecular flexibility index (Phi) is 4.47. The van der Waals surface area contributed by atoms with E-state index in [0.717, 1.165) is 11.1 Å². The van der Waals surface area contributed by atoms with Crippen LogP contribution >= 0.6 is 0 Å². The van der Waals surface area contributed by atoms with Crippen LogP contribution in [0.3, 0.4) is 0 Å². The molecule has 3 N–H and O–H groups in total. The molecule has 5 nitrogen and oxygen atoms in total. The number of nitrogen functional groups attached to an aromatic ring is 1. The van der Waals surface area contributed by atoms with E-state index in [0.29, 0.717) is 11.5 Å². The van der Waals surface area contributed by atoms with Gasteiger partial charge in [-0.1, -0.05) is 37.3 Å². The fourth-order valence-corrected chi connectivity index (χ4v) is 3.39. The second-order valence-corrected chi connectivity index (χ2v) is 6.89. The molecule has 1 aromatic carbocycles. The normalized spacial score (nSPS) is 12.9. The number of nitrogens with two attached hydrogens (primary N) is 1. The maximum absolute atomic E-state index is 12.2. The molecule has 112 valence electrons. The number of nitrogens with one attached hydrogen (secondary N) is 1. The van der Waals surface area contributed by atoms with Gasteiger partial charge in [0.05, 0.1) is 17.6 Å². The number of benzene rings is 1. The summed E-state index contributed by atoms with van der Waals surface area (Å²) in [6.45, 7) is 3.69. The molecular formula is C15H19N3O2S. The van der Waals surface area contributed by atoms with Crippen LogP contribution in [0.5, 0.6) is 0 Å². The van der Waals surface area contributed by atoms with Gasteiger partial charge in [-0.3, -0.25) is 4.72 Å². The lowest BCUT2D eigenvalue weighted by Crippen LogP contribution is -2.21. The van der Waals surface area contributed by atoms with E-state index in [1.54, 1.807) is 13.0 Å². The Hall–Kier alpha value is -2.08. The van der Waals surface area contributed by atoms with Gasteiger partial charge in [0.25, 0.3) is 0 Å². The van der Waals surface area contributed by atoms with Crippen molar-refractivity contribution >= 4 is 21.5 Å². The van der Waals surface area contributed by atoms with Crippen molar-refractivity contribution in [3.05, 3.63) is 53.7 Å². The molecule has 0 aliphatic rings. The average molecular weight is 305 g/mol. The summed E-state index contributed by atoms with van der Waals surface area (Å²) < 4.78 is 26.9. The molecule has 21 heavy (non-hydrogen) atoms. The Morgan fingerprint density at radius 3 is 2.57 bits per heavy atom. The number of nitrogens with zero attached hydrogens (tertiary/aromatic N) is 1. The lowest BCUT2D eigenvalue weighted by Gasteiger charge is -2.14. The van der Waals surface area contributed by atoms with E-state index >= 15 is 0 Å². The number of rotatable bonds is 5. The summed E-state index contributed by atoms with van der Waals surface area (Å²) >= 11 is 0. The Bertz CT molecular complexity index is 715. The fourth-order valence-electron chi connectivity index (χ4n) is 2.03. The number of hydrogen-bond acceptors (Lipinski definition) is 4. The summed E-state index contributed by atoms with van der Waals surface area (Å²) in [5, 5.41) is 0. The molecule has 0 aliphatic carbocycles. The summed E-state index contributed by atoms with van der Waals surface area (Å²) in [4.78, 5) is 3.99. The van der Waals surface area contributed by atoms with Gasteiger partial charge in [0.15, 0.2) is 0 Å². The van der Waals surface area contributed by atoms with Crippen molar-refractivity contribution in [2.24, 2.45) is 0 Å². The largest absolute Gasteiger partial charge is 0.397 e. The summed E-state index contributed by atoms with van der Waals surface area (Å²) in [5.74, 6) is 0.197. The van der Waals surface area contributed by atoms with E-state index in [-0.39, 0.29) is 11.7 Å². The summed E-state index contributed by atoms with van der Waals surface area (Å²) in [5.41, 5.74) is 7.99. The van der Waals surface area contributed by atoms with Crippen LogP contribution in [0, 0.1) is 6.92 Å². The topological polar surface area (TPSA) is 85.1 Å². The smallest absolute Gasteiger partial charge is 0.234 e. The summed E-state index contributed by atoms with van der Waals surface area (Å²) in [7, 11) is -3.46. The van der Waals surface area contributed by atoms with Crippen molar-refractivity contribution in [1.82, 2.24) is 4.98 Å². The van der Waals surface area contributed by atoms with E-state index in [9.17, 15) is 8.42 Å². The van der Waals surface area contributed by atoms with Crippen LogP contribution in [0.25, 0.3) is 0 Å². The molecule has 2 aromatic rings. The standard InChI is InChI=1S/C15H19N3O2S/c1-11-8-15(17-9-14(11)16)18-21(19,20)10-12(2)13-6-4-3-5-7-13/h3-9,12H,10,16H2,1-2H3,(H,17,18). The molecule has 1 unspecified atom stereocenters. The van der Waals surface area contributed by atoms with Crippen molar-refractivity contribution in [2.75, 3.05) is 16.2 Å². The van der Waals surface area contributed by atoms with Gasteiger partial charge in [-0.2, -0.15) is 0 Å². The Morgan fingerprint density at radius 2 is 1.95 bits per heavy atom. The highest BCUT2D eigenvalue weighted by molar-refractivity contribution is 7.92. The minimum atomic E-state index is -3.46. The van der Waals surface area contributed by atoms with Crippen LogP contribution in [-0.4, -0.2) is 19.2 Å². The second-order valence-electron chi connectivity index (χ2n) is 5.12. The molecule has 0 spiro atoms. The van der Waals surface area contributed by atoms with Gasteiger partial charge in [0.1, 0.15) is 5.82 Å². The molecule has 2 rings (SSSR count). The van der Waals surface area contributed by atoms with Gasteiger partial charge >= 0.3 is 0 Å². The monoisotopic (exact) mass is 305 g/mol. The first-order valence-corrected chi connectivity index (χ1v) is 8.30. The average Bonchev–Trinajstić information content (AvgIpc) is 2.43. The van der Waals surface area contributed by atoms with Gasteiger partial charge in [-0.15, -0.1) is 0 Å². The van der Waals surface area contributed by atoms with E-state index in [4.69, 9.17) is 5.73 Å². The molecular weight excluding hydrogens is 286 g/mol. The van der Waals surface area contributed by atoms with Crippen LogP contribution in [0.4, 0.5) is 11.5 Å². The van der Waals surface area contributed by atoms with Crippen LogP contribution < -0.4 is 10.5 Å². The quantitative estimate of drug-likeness (QED) is 0.889. The Morgan fingerprint density at radius 1 is 1.29 bits per heavy atom. The number of aryl methyl sites for hydroxylation is 1. The molecule has 0 fully saturated rings. The summed E-state index contributed by atoms with van der Waals surface area (Å²) in [6, 6.07) is 11.2. The molecule has 0 saturated carbocycles. The first-order valence-electron chi connectivity index (χ1n) is 6.65. The third-order valence-electron chi connectivity index (χ3n) is 3.25. The third kappa shape index (κ3) is 4.19. The third-order valence-corrected chi connectivity index (χ3v) is 4.71. The molecule has 0 bridgehead atoms. The molecule has 0 amide bonds. The Labute approximate surface area is 125 Å². The molecule has 0 radical (unpaired) electrons. The number of hydrogen-bond donors (Lipinski definition) is 2. The maximum atomic E-state index is 12.2. The lowest BCUT2D eigenvalue weighted by molar-refractivity contribution is 0.595. The SMILES string of the molecule is Cc1cc(NS(=O)(=O)CC(C)c2ccccc2)ncc1N. The van der Waals surface area contributed by atoms with E-state index in [1.165, 1.54) is 6.20 Å². The predicted octanol–water partition coefficient (Wildman–Crippen LogP) is 2.52. The zero-order valence-electron chi connectivity index (χ0n) is 12.1. The van der Waals surface area contributed by atoms with Crippen molar-refractivity contribution in [3.8, 4) is 0 Å². The van der Waals surface area contributed by atoms with Gasteiger partial charge in [-0.25, -0.2) is 13.4 Å². The molecule has 1 heterocycles. The number of sulfonamides is 1. The van der Waals surface area contributed by atoms with Crippen molar-refractivity contribution in [2.45, 2.75) is 19.8 Å². The fraction of sp³-hybridized carbons (Fsp3) is 0.267.